The van der Waals surface area contributed by atoms with Gasteiger partial charge in [-0.1, -0.05) is 12.1 Å². The molecule has 0 aromatic heterocycles. The Kier molecular flexibility index (Phi) is 3.28. The number of carbonyl (C=O) groups is 2. The first-order chi connectivity index (χ1) is 8.74. The van der Waals surface area contributed by atoms with Gasteiger partial charge < -0.3 is 9.47 Å². The predicted molar refractivity (Wildman–Crippen MR) is 67.8 cm³/mol. The van der Waals surface area contributed by atoms with E-state index in [0.29, 0.717) is 34.3 Å². The monoisotopic (exact) mass is 244 g/mol. The van der Waals surface area contributed by atoms with Crippen LogP contribution in [0.3, 0.4) is 0 Å². The maximum atomic E-state index is 11.1. The summed E-state index contributed by atoms with van der Waals surface area (Å²) in [5, 5.41) is 1.56. The number of fused-ring (bicyclic) bond motifs is 1. The van der Waals surface area contributed by atoms with E-state index in [0.717, 1.165) is 11.7 Å². The molecule has 0 heterocycles. The molecule has 2 aromatic rings. The van der Waals surface area contributed by atoms with Gasteiger partial charge in [-0.3, -0.25) is 9.59 Å². The maximum Gasteiger partial charge on any atom is 0.157 e. The van der Waals surface area contributed by atoms with Gasteiger partial charge in [-0.2, -0.15) is 0 Å². The normalized spacial score (nSPS) is 10.1. The van der Waals surface area contributed by atoms with Crippen molar-refractivity contribution in [2.75, 3.05) is 14.2 Å². The second-order valence-electron chi connectivity index (χ2n) is 3.74. The Morgan fingerprint density at radius 3 is 2.33 bits per heavy atom. The molecule has 0 spiro atoms. The highest BCUT2D eigenvalue weighted by Gasteiger charge is 2.14. The average Bonchev–Trinajstić information content (AvgIpc) is 2.44. The molecule has 4 nitrogen and oxygen atoms in total. The lowest BCUT2D eigenvalue weighted by atomic mass is 10.0. The molecule has 4 heteroatoms. The zero-order valence-corrected chi connectivity index (χ0v) is 10.1. The zero-order chi connectivity index (χ0) is 13.1. The number of ether oxygens (including phenoxy) is 2. The molecule has 0 aliphatic rings. The molecule has 0 unspecified atom stereocenters. The lowest BCUT2D eigenvalue weighted by molar-refractivity contribution is 0.111. The van der Waals surface area contributed by atoms with Crippen LogP contribution in [0.1, 0.15) is 20.7 Å². The summed E-state index contributed by atoms with van der Waals surface area (Å²) >= 11 is 0. The Hall–Kier alpha value is -2.36. The zero-order valence-electron chi connectivity index (χ0n) is 10.1. The van der Waals surface area contributed by atoms with Gasteiger partial charge in [-0.25, -0.2) is 0 Å². The van der Waals surface area contributed by atoms with Crippen molar-refractivity contribution in [1.29, 1.82) is 0 Å². The summed E-state index contributed by atoms with van der Waals surface area (Å²) in [4.78, 5) is 21.9. The van der Waals surface area contributed by atoms with Gasteiger partial charge >= 0.3 is 0 Å². The number of rotatable bonds is 4. The number of methoxy groups -OCH3 is 2. The minimum absolute atomic E-state index is 0.343. The molecule has 0 N–H and O–H groups in total. The molecule has 0 aliphatic carbocycles. The molecule has 0 radical (unpaired) electrons. The van der Waals surface area contributed by atoms with Crippen LogP contribution in [0.2, 0.25) is 0 Å². The molecule has 92 valence electrons. The third-order valence-corrected chi connectivity index (χ3v) is 2.80. The van der Waals surface area contributed by atoms with Crippen LogP contribution in [0.25, 0.3) is 10.8 Å². The fraction of sp³-hybridized carbons (Fsp3) is 0.143. The second kappa shape index (κ2) is 4.87. The molecular weight excluding hydrogens is 232 g/mol. The van der Waals surface area contributed by atoms with Gasteiger partial charge in [-0.05, 0) is 17.5 Å². The number of benzene rings is 2. The van der Waals surface area contributed by atoms with Crippen molar-refractivity contribution in [1.82, 2.24) is 0 Å². The van der Waals surface area contributed by atoms with E-state index < -0.39 is 0 Å². The predicted octanol–water partition coefficient (Wildman–Crippen LogP) is 2.48. The lowest BCUT2D eigenvalue weighted by Gasteiger charge is -2.12. The van der Waals surface area contributed by atoms with Crippen molar-refractivity contribution in [3.8, 4) is 11.5 Å². The van der Waals surface area contributed by atoms with Crippen LogP contribution < -0.4 is 9.47 Å². The number of aldehydes is 2. The lowest BCUT2D eigenvalue weighted by Crippen LogP contribution is -1.97. The second-order valence-corrected chi connectivity index (χ2v) is 3.74. The highest BCUT2D eigenvalue weighted by Crippen LogP contribution is 2.36. The van der Waals surface area contributed by atoms with E-state index in [1.807, 2.05) is 0 Å². The molecule has 0 bridgehead atoms. The van der Waals surface area contributed by atoms with E-state index in [1.165, 1.54) is 14.2 Å². The highest BCUT2D eigenvalue weighted by atomic mass is 16.5. The van der Waals surface area contributed by atoms with Crippen molar-refractivity contribution < 1.29 is 19.1 Å². The molecule has 2 aromatic carbocycles. The van der Waals surface area contributed by atoms with Crippen LogP contribution >= 0.6 is 0 Å². The molecule has 0 aliphatic heterocycles. The standard InChI is InChI=1S/C14H12O4/c1-17-13-6-10-4-3-9(7-15)5-11(10)14(18-2)12(13)8-16/h3-8H,1-2H3. The Morgan fingerprint density at radius 1 is 1.00 bits per heavy atom. The molecule has 0 amide bonds. The van der Waals surface area contributed by atoms with Crippen LogP contribution in [-0.4, -0.2) is 26.8 Å². The number of carbonyl (C=O) groups excluding carboxylic acids is 2. The van der Waals surface area contributed by atoms with Crippen molar-refractivity contribution in [2.45, 2.75) is 0 Å². The largest absolute Gasteiger partial charge is 0.496 e. The first-order valence-electron chi connectivity index (χ1n) is 5.34. The van der Waals surface area contributed by atoms with Gasteiger partial charge in [0.15, 0.2) is 6.29 Å². The summed E-state index contributed by atoms with van der Waals surface area (Å²) in [6.07, 6.45) is 1.44. The molecule has 0 fully saturated rings. The van der Waals surface area contributed by atoms with Gasteiger partial charge in [0.05, 0.1) is 19.8 Å². The number of hydrogen-bond acceptors (Lipinski definition) is 4. The van der Waals surface area contributed by atoms with Crippen LogP contribution in [0, 0.1) is 0 Å². The van der Waals surface area contributed by atoms with E-state index in [2.05, 4.69) is 0 Å². The van der Waals surface area contributed by atoms with Gasteiger partial charge in [0.2, 0.25) is 0 Å². The van der Waals surface area contributed by atoms with Crippen LogP contribution in [0.4, 0.5) is 0 Å². The highest BCUT2D eigenvalue weighted by molar-refractivity contribution is 6.01. The molecule has 0 atom stereocenters. The van der Waals surface area contributed by atoms with Gasteiger partial charge in [-0.15, -0.1) is 0 Å². The minimum atomic E-state index is 0.343. The molecule has 0 saturated heterocycles. The average molecular weight is 244 g/mol. The molecule has 2 rings (SSSR count). The quantitative estimate of drug-likeness (QED) is 0.775. The first-order valence-corrected chi connectivity index (χ1v) is 5.34. The summed E-state index contributed by atoms with van der Waals surface area (Å²) in [7, 11) is 2.97. The van der Waals surface area contributed by atoms with Gasteiger partial charge in [0.25, 0.3) is 0 Å². The topological polar surface area (TPSA) is 52.6 Å². The smallest absolute Gasteiger partial charge is 0.157 e. The van der Waals surface area contributed by atoms with E-state index in [1.54, 1.807) is 24.3 Å². The molecule has 0 saturated carbocycles. The van der Waals surface area contributed by atoms with Crippen LogP contribution in [0.5, 0.6) is 11.5 Å². The maximum absolute atomic E-state index is 11.1. The fourth-order valence-corrected chi connectivity index (χ4v) is 1.95. The van der Waals surface area contributed by atoms with Crippen LogP contribution in [-0.2, 0) is 0 Å². The summed E-state index contributed by atoms with van der Waals surface area (Å²) in [6.45, 7) is 0. The Bertz CT molecular complexity index is 617. The van der Waals surface area contributed by atoms with Crippen molar-refractivity contribution in [3.05, 3.63) is 35.4 Å². The molecular formula is C14H12O4. The van der Waals surface area contributed by atoms with E-state index >= 15 is 0 Å². The number of hydrogen-bond donors (Lipinski definition) is 0. The Labute approximate surface area is 104 Å². The van der Waals surface area contributed by atoms with Gasteiger partial charge in [0.1, 0.15) is 17.8 Å². The fourth-order valence-electron chi connectivity index (χ4n) is 1.95. The van der Waals surface area contributed by atoms with Crippen molar-refractivity contribution in [2.24, 2.45) is 0 Å². The Balaban J connectivity index is 2.88. The van der Waals surface area contributed by atoms with E-state index in [-0.39, 0.29) is 0 Å². The van der Waals surface area contributed by atoms with Gasteiger partial charge in [0, 0.05) is 10.9 Å². The third kappa shape index (κ3) is 1.82. The third-order valence-electron chi connectivity index (χ3n) is 2.80. The summed E-state index contributed by atoms with van der Waals surface area (Å²) < 4.78 is 10.4. The SMILES string of the molecule is COc1cc2ccc(C=O)cc2c(OC)c1C=O. The Morgan fingerprint density at radius 2 is 1.78 bits per heavy atom. The summed E-state index contributed by atoms with van der Waals surface area (Å²) in [5.74, 6) is 0.872. The minimum Gasteiger partial charge on any atom is -0.496 e. The first kappa shape index (κ1) is 12.1. The summed E-state index contributed by atoms with van der Waals surface area (Å²) in [6, 6.07) is 6.93. The van der Waals surface area contributed by atoms with Crippen molar-refractivity contribution in [3.63, 3.8) is 0 Å². The molecule has 18 heavy (non-hydrogen) atoms. The summed E-state index contributed by atoms with van der Waals surface area (Å²) in [5.41, 5.74) is 0.873. The van der Waals surface area contributed by atoms with E-state index in [9.17, 15) is 9.59 Å². The van der Waals surface area contributed by atoms with Crippen LogP contribution in [0.15, 0.2) is 24.3 Å². The van der Waals surface area contributed by atoms with Crippen molar-refractivity contribution >= 4 is 23.3 Å². The van der Waals surface area contributed by atoms with E-state index in [4.69, 9.17) is 9.47 Å².